The van der Waals surface area contributed by atoms with Crippen LogP contribution < -0.4 is 53.2 Å². The molecule has 2 aromatic heterocycles. The number of aliphatic hydroxyl groups excluding tert-OH is 2. The van der Waals surface area contributed by atoms with Gasteiger partial charge in [-0.2, -0.15) is 0 Å². The first-order valence-electron chi connectivity index (χ1n) is 6.39. The Balaban J connectivity index is 0.00000156. The quantitative estimate of drug-likeness (QED) is 0.342. The van der Waals surface area contributed by atoms with Gasteiger partial charge in [0.15, 0.2) is 17.7 Å². The minimum absolute atomic E-state index is 0. The molecule has 0 bridgehead atoms. The number of anilines is 1. The van der Waals surface area contributed by atoms with Gasteiger partial charge < -0.3 is 35.0 Å². The Morgan fingerprint density at radius 1 is 1.28 bits per heavy atom. The number of ether oxygens (including phenoxy) is 1. The Hall–Kier alpha value is -0.0452. The molecule has 2 aromatic rings. The number of aromatic nitrogens is 4. The third-order valence-electron chi connectivity index (χ3n) is 3.40. The third-order valence-corrected chi connectivity index (χ3v) is 4.18. The second-order valence-corrected chi connectivity index (χ2v) is 7.37. The first kappa shape index (κ1) is 23.0. The van der Waals surface area contributed by atoms with Crippen LogP contribution in [-0.2, 0) is 21.1 Å². The Labute approximate surface area is 171 Å². The second kappa shape index (κ2) is 8.76. The van der Waals surface area contributed by atoms with Crippen LogP contribution in [0.2, 0.25) is 0 Å². The normalized spacial score (nSPS) is 26.2. The molecule has 25 heavy (non-hydrogen) atoms. The first-order chi connectivity index (χ1) is 10.8. The third kappa shape index (κ3) is 4.82. The van der Waals surface area contributed by atoms with Gasteiger partial charge in [-0.3, -0.25) is 4.57 Å². The topological polar surface area (TPSA) is 175 Å². The summed E-state index contributed by atoms with van der Waals surface area (Å²) in [7, 11) is 0. The molecule has 126 valence electrons. The van der Waals surface area contributed by atoms with E-state index in [0.29, 0.717) is 11.2 Å². The number of aliphatic hydroxyl groups is 2. The van der Waals surface area contributed by atoms with Crippen LogP contribution in [0.3, 0.4) is 0 Å². The van der Waals surface area contributed by atoms with Crippen molar-refractivity contribution in [2.75, 3.05) is 12.3 Å². The summed E-state index contributed by atoms with van der Waals surface area (Å²) >= 11 is 4.11. The summed E-state index contributed by atoms with van der Waals surface area (Å²) in [6.45, 7) is -4.90. The van der Waals surface area contributed by atoms with Crippen LogP contribution in [0.5, 0.6) is 0 Å². The number of nitrogen functional groups attached to an aromatic ring is 1. The molecule has 15 heteroatoms. The first-order valence-corrected chi connectivity index (χ1v) is 8.95. The summed E-state index contributed by atoms with van der Waals surface area (Å²) in [5.74, 6) is 0.153. The minimum Gasteiger partial charge on any atom is -0.812 e. The molecular weight excluding hydrogens is 363 g/mol. The van der Waals surface area contributed by atoms with E-state index in [1.54, 1.807) is 0 Å². The van der Waals surface area contributed by atoms with Gasteiger partial charge in [-0.1, -0.05) is 6.72 Å². The van der Waals surface area contributed by atoms with Crippen LogP contribution in [0.25, 0.3) is 11.2 Å². The van der Waals surface area contributed by atoms with Gasteiger partial charge in [0.2, 0.25) is 0 Å². The zero-order chi connectivity index (χ0) is 16.8. The van der Waals surface area contributed by atoms with Gasteiger partial charge in [-0.15, -0.1) is 11.8 Å². The van der Waals surface area contributed by atoms with Crippen LogP contribution in [0.4, 0.5) is 5.82 Å². The maximum atomic E-state index is 10.9. The standard InChI is InChI=1S/C10H14N5O6PS.2Li/c11-8-5-9(13-2-12-8)15(3-14-5)10-7(17)6(16)4(21-10)1-20-22(18,19)23;;/h2-4,6-7,10,16-17H,1H2,(H2,11,12,13)(H2,18,19,23);;/q;2*+1/p-2/t4-,6-,7-,10-;;/m1../s1. The Morgan fingerprint density at radius 3 is 2.60 bits per heavy atom. The maximum Gasteiger partial charge on any atom is 1.00 e. The average molecular weight is 375 g/mol. The molecule has 0 saturated carbocycles. The zero-order valence-electron chi connectivity index (χ0n) is 13.4. The van der Waals surface area contributed by atoms with Gasteiger partial charge in [-0.05, 0) is 0 Å². The van der Waals surface area contributed by atoms with Crippen molar-refractivity contribution in [3.05, 3.63) is 12.7 Å². The number of rotatable bonds is 4. The molecule has 1 aliphatic heterocycles. The van der Waals surface area contributed by atoms with Gasteiger partial charge in [0, 0.05) is 0 Å². The van der Waals surface area contributed by atoms with E-state index in [0.717, 1.165) is 0 Å². The molecular formula is C10H12Li2N5O6PS. The largest absolute Gasteiger partial charge is 1.00 e. The smallest absolute Gasteiger partial charge is 0.812 e. The summed E-state index contributed by atoms with van der Waals surface area (Å²) in [6, 6.07) is 0. The summed E-state index contributed by atoms with van der Waals surface area (Å²) in [6.07, 6.45) is -2.32. The van der Waals surface area contributed by atoms with Gasteiger partial charge in [-0.25, -0.2) is 15.0 Å². The molecule has 0 unspecified atom stereocenters. The van der Waals surface area contributed by atoms with E-state index < -0.39 is 37.9 Å². The van der Waals surface area contributed by atoms with Gasteiger partial charge in [0.05, 0.1) is 12.9 Å². The molecule has 4 atom stereocenters. The SMILES string of the molecule is Nc1ncnc2c1ncn2[C@@H]1O[C@H](COP([O-])([O-])=S)[C@@H](O)[C@H]1O.[Li+].[Li+]. The second-order valence-electron chi connectivity index (χ2n) is 4.87. The molecule has 0 spiro atoms. The van der Waals surface area contributed by atoms with E-state index in [-0.39, 0.29) is 43.5 Å². The molecule has 0 aliphatic carbocycles. The van der Waals surface area contributed by atoms with Crippen molar-refractivity contribution in [1.29, 1.82) is 0 Å². The molecule has 1 aliphatic rings. The van der Waals surface area contributed by atoms with Crippen molar-refractivity contribution in [3.63, 3.8) is 0 Å². The molecule has 0 radical (unpaired) electrons. The van der Waals surface area contributed by atoms with Crippen LogP contribution in [0.15, 0.2) is 12.7 Å². The zero-order valence-corrected chi connectivity index (χ0v) is 15.1. The van der Waals surface area contributed by atoms with E-state index in [1.807, 2.05) is 0 Å². The van der Waals surface area contributed by atoms with Crippen molar-refractivity contribution in [2.45, 2.75) is 24.5 Å². The molecule has 4 N–H and O–H groups in total. The van der Waals surface area contributed by atoms with E-state index in [1.165, 1.54) is 17.2 Å². The van der Waals surface area contributed by atoms with Crippen molar-refractivity contribution in [1.82, 2.24) is 19.5 Å². The van der Waals surface area contributed by atoms with Crippen molar-refractivity contribution >= 4 is 35.5 Å². The fourth-order valence-electron chi connectivity index (χ4n) is 2.32. The van der Waals surface area contributed by atoms with Crippen LogP contribution in [0.1, 0.15) is 6.23 Å². The Kier molecular flexibility index (Phi) is 8.06. The summed E-state index contributed by atoms with van der Waals surface area (Å²) < 4.78 is 11.3. The van der Waals surface area contributed by atoms with E-state index in [2.05, 4.69) is 31.3 Å². The van der Waals surface area contributed by atoms with Crippen molar-refractivity contribution in [2.24, 2.45) is 0 Å². The summed E-state index contributed by atoms with van der Waals surface area (Å²) in [4.78, 5) is 33.6. The van der Waals surface area contributed by atoms with Gasteiger partial charge >= 0.3 is 37.7 Å². The van der Waals surface area contributed by atoms with Crippen LogP contribution in [0, 0.1) is 0 Å². The average Bonchev–Trinajstić information content (AvgIpc) is 3.01. The summed E-state index contributed by atoms with van der Waals surface area (Å²) in [5.41, 5.74) is 6.29. The molecule has 3 heterocycles. The maximum absolute atomic E-state index is 10.9. The Morgan fingerprint density at radius 2 is 1.96 bits per heavy atom. The van der Waals surface area contributed by atoms with Crippen molar-refractivity contribution < 1.29 is 67.0 Å². The van der Waals surface area contributed by atoms with Crippen LogP contribution >= 0.6 is 6.72 Å². The molecule has 0 amide bonds. The number of nitrogens with zero attached hydrogens (tertiary/aromatic N) is 4. The summed E-state index contributed by atoms with van der Waals surface area (Å²) in [5, 5.41) is 20.1. The van der Waals surface area contributed by atoms with E-state index in [4.69, 9.17) is 10.5 Å². The number of hydrogen-bond acceptors (Lipinski definition) is 11. The number of imidazole rings is 1. The van der Waals surface area contributed by atoms with Crippen LogP contribution in [-0.4, -0.2) is 54.7 Å². The Bertz CT molecular complexity index is 777. The molecule has 1 saturated heterocycles. The number of hydrogen-bond donors (Lipinski definition) is 3. The monoisotopic (exact) mass is 375 g/mol. The van der Waals surface area contributed by atoms with Gasteiger partial charge in [0.25, 0.3) is 0 Å². The molecule has 0 aromatic carbocycles. The van der Waals surface area contributed by atoms with Crippen molar-refractivity contribution in [3.8, 4) is 0 Å². The predicted octanol–water partition coefficient (Wildman–Crippen LogP) is -9.00. The number of fused-ring (bicyclic) bond motifs is 1. The molecule has 11 nitrogen and oxygen atoms in total. The van der Waals surface area contributed by atoms with E-state index >= 15 is 0 Å². The van der Waals surface area contributed by atoms with E-state index in [9.17, 15) is 20.0 Å². The number of nitrogens with two attached hydrogens (primary N) is 1. The van der Waals surface area contributed by atoms with Gasteiger partial charge in [0.1, 0.15) is 30.2 Å². The molecule has 3 rings (SSSR count). The fourth-order valence-corrected chi connectivity index (χ4v) is 2.83. The predicted molar refractivity (Wildman–Crippen MR) is 75.9 cm³/mol. The minimum atomic E-state index is -4.39. The fraction of sp³-hybridized carbons (Fsp3) is 0.500. The molecule has 1 fully saturated rings.